The molecule has 0 spiro atoms. The van der Waals surface area contributed by atoms with Gasteiger partial charge in [0.15, 0.2) is 0 Å². The van der Waals surface area contributed by atoms with Crippen molar-refractivity contribution < 1.29 is 0 Å². The van der Waals surface area contributed by atoms with E-state index < -0.39 is 0 Å². The topological polar surface area (TPSA) is 17.8 Å². The standard InChI is InChI=1S/C18H24N2/c1-4-14(3)17-12-18-16(6-5-11-20(18)19-17)15-9-7-13(2)8-10-15/h7,9-10,12-13,16H,3-6,8,11H2,1-2H3. The maximum absolute atomic E-state index is 4.75. The molecule has 0 saturated heterocycles. The van der Waals surface area contributed by atoms with Crippen molar-refractivity contribution in [2.75, 3.05) is 0 Å². The van der Waals surface area contributed by atoms with Gasteiger partial charge in [0.25, 0.3) is 0 Å². The molecule has 1 aliphatic heterocycles. The highest BCUT2D eigenvalue weighted by molar-refractivity contribution is 5.60. The van der Waals surface area contributed by atoms with E-state index in [1.54, 1.807) is 0 Å². The lowest BCUT2D eigenvalue weighted by Gasteiger charge is -2.26. The molecule has 2 heteroatoms. The number of fused-ring (bicyclic) bond motifs is 1. The molecule has 2 unspecified atom stereocenters. The van der Waals surface area contributed by atoms with E-state index in [9.17, 15) is 0 Å². The first-order valence-corrected chi connectivity index (χ1v) is 7.83. The second-order valence-electron chi connectivity index (χ2n) is 6.11. The number of allylic oxidation sites excluding steroid dienone is 5. The molecule has 20 heavy (non-hydrogen) atoms. The van der Waals surface area contributed by atoms with Crippen LogP contribution in [0.4, 0.5) is 0 Å². The summed E-state index contributed by atoms with van der Waals surface area (Å²) in [5.74, 6) is 1.21. The van der Waals surface area contributed by atoms with Gasteiger partial charge in [0.05, 0.1) is 5.69 Å². The number of nitrogens with zero attached hydrogens (tertiary/aromatic N) is 2. The first-order chi connectivity index (χ1) is 9.69. The molecule has 2 heterocycles. The summed E-state index contributed by atoms with van der Waals surface area (Å²) in [6.07, 6.45) is 11.7. The third kappa shape index (κ3) is 2.39. The number of hydrogen-bond donors (Lipinski definition) is 0. The van der Waals surface area contributed by atoms with Crippen LogP contribution in [0.25, 0.3) is 5.57 Å². The first kappa shape index (κ1) is 13.4. The summed E-state index contributed by atoms with van der Waals surface area (Å²) in [7, 11) is 0. The van der Waals surface area contributed by atoms with Crippen molar-refractivity contribution >= 4 is 5.57 Å². The molecule has 1 aromatic rings. The predicted octanol–water partition coefficient (Wildman–Crippen LogP) is 4.71. The molecule has 0 saturated carbocycles. The van der Waals surface area contributed by atoms with Gasteiger partial charge in [-0.2, -0.15) is 5.10 Å². The summed E-state index contributed by atoms with van der Waals surface area (Å²) in [5, 5.41) is 4.75. The van der Waals surface area contributed by atoms with E-state index in [0.717, 1.165) is 24.2 Å². The summed E-state index contributed by atoms with van der Waals surface area (Å²) in [4.78, 5) is 0. The van der Waals surface area contributed by atoms with E-state index in [-0.39, 0.29) is 0 Å². The lowest BCUT2D eigenvalue weighted by Crippen LogP contribution is -2.18. The Bertz CT molecular complexity index is 574. The molecule has 106 valence electrons. The number of aryl methyl sites for hydroxylation is 1. The molecule has 0 bridgehead atoms. The van der Waals surface area contributed by atoms with Gasteiger partial charge in [-0.05, 0) is 48.8 Å². The van der Waals surface area contributed by atoms with Crippen LogP contribution in [0, 0.1) is 5.92 Å². The van der Waals surface area contributed by atoms with Crippen molar-refractivity contribution in [1.82, 2.24) is 9.78 Å². The van der Waals surface area contributed by atoms with Crippen LogP contribution in [0.1, 0.15) is 56.8 Å². The van der Waals surface area contributed by atoms with E-state index in [2.05, 4.69) is 49.4 Å². The summed E-state index contributed by atoms with van der Waals surface area (Å²) in [6, 6.07) is 2.27. The molecule has 0 N–H and O–H groups in total. The highest BCUT2D eigenvalue weighted by atomic mass is 15.3. The molecular formula is C18H24N2. The van der Waals surface area contributed by atoms with E-state index in [1.807, 2.05) is 0 Å². The highest BCUT2D eigenvalue weighted by Crippen LogP contribution is 2.37. The summed E-state index contributed by atoms with van der Waals surface area (Å²) in [6.45, 7) is 9.60. The van der Waals surface area contributed by atoms with Gasteiger partial charge < -0.3 is 0 Å². The molecule has 2 nitrogen and oxygen atoms in total. The molecule has 3 rings (SSSR count). The minimum atomic E-state index is 0.526. The van der Waals surface area contributed by atoms with Crippen LogP contribution in [-0.2, 0) is 6.54 Å². The van der Waals surface area contributed by atoms with E-state index in [4.69, 9.17) is 5.10 Å². The zero-order valence-electron chi connectivity index (χ0n) is 12.6. The van der Waals surface area contributed by atoms with Crippen molar-refractivity contribution in [1.29, 1.82) is 0 Å². The lowest BCUT2D eigenvalue weighted by atomic mass is 9.84. The highest BCUT2D eigenvalue weighted by Gasteiger charge is 2.25. The van der Waals surface area contributed by atoms with Crippen molar-refractivity contribution in [3.8, 4) is 0 Å². The number of hydrogen-bond acceptors (Lipinski definition) is 1. The van der Waals surface area contributed by atoms with Crippen LogP contribution in [0.3, 0.4) is 0 Å². The van der Waals surface area contributed by atoms with Crippen LogP contribution in [-0.4, -0.2) is 9.78 Å². The van der Waals surface area contributed by atoms with Crippen molar-refractivity contribution in [2.45, 2.75) is 52.0 Å². The van der Waals surface area contributed by atoms with E-state index in [0.29, 0.717) is 11.8 Å². The summed E-state index contributed by atoms with van der Waals surface area (Å²) < 4.78 is 2.21. The van der Waals surface area contributed by atoms with Gasteiger partial charge >= 0.3 is 0 Å². The van der Waals surface area contributed by atoms with Gasteiger partial charge in [-0.3, -0.25) is 4.68 Å². The molecule has 0 amide bonds. The Morgan fingerprint density at radius 1 is 1.50 bits per heavy atom. The second kappa shape index (κ2) is 5.43. The average molecular weight is 268 g/mol. The largest absolute Gasteiger partial charge is 0.268 e. The Morgan fingerprint density at radius 2 is 2.35 bits per heavy atom. The Kier molecular flexibility index (Phi) is 3.64. The Labute approximate surface area is 121 Å². The Balaban J connectivity index is 1.92. The fourth-order valence-corrected chi connectivity index (χ4v) is 3.18. The van der Waals surface area contributed by atoms with E-state index >= 15 is 0 Å². The SMILES string of the molecule is C=C(CC)c1cc2n(n1)CCCC2C1=CCC(C)C=C1. The van der Waals surface area contributed by atoms with Crippen molar-refractivity contribution in [3.63, 3.8) is 0 Å². The van der Waals surface area contributed by atoms with Gasteiger partial charge in [0, 0.05) is 18.2 Å². The van der Waals surface area contributed by atoms with Gasteiger partial charge in [-0.25, -0.2) is 0 Å². The van der Waals surface area contributed by atoms with Crippen LogP contribution < -0.4 is 0 Å². The normalized spacial score (nSPS) is 25.2. The minimum absolute atomic E-state index is 0.526. The minimum Gasteiger partial charge on any atom is -0.268 e. The number of aromatic nitrogens is 2. The summed E-state index contributed by atoms with van der Waals surface area (Å²) >= 11 is 0. The Morgan fingerprint density at radius 3 is 3.05 bits per heavy atom. The molecule has 1 aliphatic carbocycles. The van der Waals surface area contributed by atoms with Crippen molar-refractivity contribution in [2.24, 2.45) is 5.92 Å². The van der Waals surface area contributed by atoms with Gasteiger partial charge in [0.2, 0.25) is 0 Å². The maximum atomic E-state index is 4.75. The molecule has 0 fully saturated rings. The fraction of sp³-hybridized carbons (Fsp3) is 0.500. The smallest absolute Gasteiger partial charge is 0.0879 e. The molecule has 0 radical (unpaired) electrons. The predicted molar refractivity (Wildman–Crippen MR) is 84.5 cm³/mol. The van der Waals surface area contributed by atoms with Crippen molar-refractivity contribution in [3.05, 3.63) is 47.8 Å². The van der Waals surface area contributed by atoms with Crippen LogP contribution in [0.5, 0.6) is 0 Å². The monoisotopic (exact) mass is 268 g/mol. The molecule has 1 aromatic heterocycles. The molecule has 2 aliphatic rings. The quantitative estimate of drug-likeness (QED) is 0.776. The molecule has 2 atom stereocenters. The number of rotatable bonds is 3. The maximum Gasteiger partial charge on any atom is 0.0879 e. The van der Waals surface area contributed by atoms with Crippen LogP contribution >= 0.6 is 0 Å². The average Bonchev–Trinajstić information content (AvgIpc) is 2.91. The first-order valence-electron chi connectivity index (χ1n) is 7.83. The van der Waals surface area contributed by atoms with Gasteiger partial charge in [-0.1, -0.05) is 38.7 Å². The van der Waals surface area contributed by atoms with Gasteiger partial charge in [0.1, 0.15) is 0 Å². The zero-order valence-corrected chi connectivity index (χ0v) is 12.6. The van der Waals surface area contributed by atoms with Crippen LogP contribution in [0.15, 0.2) is 36.4 Å². The van der Waals surface area contributed by atoms with E-state index in [1.165, 1.54) is 30.5 Å². The second-order valence-corrected chi connectivity index (χ2v) is 6.11. The Hall–Kier alpha value is -1.57. The molecular weight excluding hydrogens is 244 g/mol. The zero-order chi connectivity index (χ0) is 14.1. The van der Waals surface area contributed by atoms with Gasteiger partial charge in [-0.15, -0.1) is 0 Å². The fourth-order valence-electron chi connectivity index (χ4n) is 3.18. The third-order valence-corrected chi connectivity index (χ3v) is 4.56. The lowest BCUT2D eigenvalue weighted by molar-refractivity contribution is 0.450. The van der Waals surface area contributed by atoms with Crippen LogP contribution in [0.2, 0.25) is 0 Å². The third-order valence-electron chi connectivity index (χ3n) is 4.56. The summed E-state index contributed by atoms with van der Waals surface area (Å²) in [5.41, 5.74) is 5.10. The molecule has 0 aromatic carbocycles.